The minimum absolute atomic E-state index is 0.0557. The van der Waals surface area contributed by atoms with Crippen LogP contribution in [0.3, 0.4) is 0 Å². The van der Waals surface area contributed by atoms with Crippen LogP contribution in [0.25, 0.3) is 11.2 Å². The van der Waals surface area contributed by atoms with E-state index >= 15 is 0 Å². The summed E-state index contributed by atoms with van der Waals surface area (Å²) in [4.78, 5) is 15.0. The molecule has 5 atom stereocenters. The van der Waals surface area contributed by atoms with Crippen molar-refractivity contribution in [3.05, 3.63) is 12.7 Å². The van der Waals surface area contributed by atoms with E-state index in [1.807, 2.05) is 4.90 Å². The van der Waals surface area contributed by atoms with Crippen LogP contribution in [0.15, 0.2) is 12.7 Å². The van der Waals surface area contributed by atoms with Gasteiger partial charge in [-0.05, 0) is 31.5 Å². The number of nitrogens with one attached hydrogen (secondary N) is 1. The second-order valence-electron chi connectivity index (χ2n) is 8.07. The maximum Gasteiger partial charge on any atom is 0.259 e. The van der Waals surface area contributed by atoms with Crippen LogP contribution in [0, 0.1) is 0 Å². The maximum absolute atomic E-state index is 10.6. The zero-order chi connectivity index (χ0) is 21.4. The van der Waals surface area contributed by atoms with Gasteiger partial charge in [0.05, 0.1) is 19.0 Å². The largest absolute Gasteiger partial charge is 0.468 e. The number of likely N-dealkylation sites (tertiary alicyclic amines) is 1. The number of hydrogen-bond acceptors (Lipinski definition) is 10. The predicted octanol–water partition coefficient (Wildman–Crippen LogP) is 0.0436. The number of imidazole rings is 1. The van der Waals surface area contributed by atoms with Gasteiger partial charge in [-0.25, -0.2) is 15.0 Å². The van der Waals surface area contributed by atoms with Gasteiger partial charge in [0.25, 0.3) is 5.17 Å². The first-order chi connectivity index (χ1) is 15.1. The van der Waals surface area contributed by atoms with Gasteiger partial charge >= 0.3 is 0 Å². The fraction of sp³-hybridized carbons (Fsp3) is 0.684. The second kappa shape index (κ2) is 8.79. The summed E-state index contributed by atoms with van der Waals surface area (Å²) >= 11 is 5.32. The van der Waals surface area contributed by atoms with Gasteiger partial charge < -0.3 is 34.6 Å². The van der Waals surface area contributed by atoms with Crippen LogP contribution >= 0.6 is 12.2 Å². The minimum atomic E-state index is -1.17. The number of aliphatic hydroxyl groups excluding tert-OH is 2. The van der Waals surface area contributed by atoms with Gasteiger partial charge in [0, 0.05) is 19.7 Å². The van der Waals surface area contributed by atoms with Gasteiger partial charge in [0.1, 0.15) is 31.2 Å². The van der Waals surface area contributed by atoms with Crippen molar-refractivity contribution in [2.75, 3.05) is 38.2 Å². The minimum Gasteiger partial charge on any atom is -0.468 e. The first-order valence-corrected chi connectivity index (χ1v) is 11.0. The van der Waals surface area contributed by atoms with Gasteiger partial charge in [-0.2, -0.15) is 0 Å². The van der Waals surface area contributed by atoms with E-state index < -0.39 is 24.5 Å². The van der Waals surface area contributed by atoms with Gasteiger partial charge in [0.2, 0.25) is 0 Å². The summed E-state index contributed by atoms with van der Waals surface area (Å²) in [6.07, 6.45) is 2.17. The van der Waals surface area contributed by atoms with Crippen LogP contribution in [0.5, 0.6) is 0 Å². The zero-order valence-electron chi connectivity index (χ0n) is 17.0. The molecule has 1 unspecified atom stereocenters. The number of aromatic nitrogens is 4. The number of rotatable bonds is 5. The predicted molar refractivity (Wildman–Crippen MR) is 113 cm³/mol. The van der Waals surface area contributed by atoms with Crippen LogP contribution < -0.4 is 5.32 Å². The highest BCUT2D eigenvalue weighted by molar-refractivity contribution is 7.80. The van der Waals surface area contributed by atoms with E-state index in [9.17, 15) is 10.2 Å². The molecule has 0 spiro atoms. The van der Waals surface area contributed by atoms with Crippen molar-refractivity contribution in [1.82, 2.24) is 24.4 Å². The summed E-state index contributed by atoms with van der Waals surface area (Å²) < 4.78 is 18.6. The molecular formula is C19H26N6O5S. The van der Waals surface area contributed by atoms with E-state index in [4.69, 9.17) is 26.4 Å². The number of thiocarbonyl (C=S) groups is 1. The molecule has 168 valence electrons. The Morgan fingerprint density at radius 2 is 2.06 bits per heavy atom. The Morgan fingerprint density at radius 3 is 2.84 bits per heavy atom. The summed E-state index contributed by atoms with van der Waals surface area (Å²) in [7, 11) is 0. The van der Waals surface area contributed by atoms with E-state index in [1.165, 1.54) is 12.7 Å². The summed E-state index contributed by atoms with van der Waals surface area (Å²) in [5, 5.41) is 24.9. The fourth-order valence-electron chi connectivity index (χ4n) is 4.23. The average molecular weight is 451 g/mol. The summed E-state index contributed by atoms with van der Waals surface area (Å²) in [5.74, 6) is 0.600. The summed E-state index contributed by atoms with van der Waals surface area (Å²) in [5.41, 5.74) is 1.07. The Kier molecular flexibility index (Phi) is 5.89. The van der Waals surface area contributed by atoms with Crippen molar-refractivity contribution in [1.29, 1.82) is 0 Å². The molecule has 5 rings (SSSR count). The van der Waals surface area contributed by atoms with Crippen LogP contribution in [0.4, 0.5) is 5.82 Å². The van der Waals surface area contributed by atoms with E-state index in [-0.39, 0.29) is 12.6 Å². The number of aliphatic hydroxyl groups is 2. The lowest BCUT2D eigenvalue weighted by atomic mass is 10.1. The molecule has 3 fully saturated rings. The smallest absolute Gasteiger partial charge is 0.259 e. The molecule has 0 saturated carbocycles. The normalized spacial score (nSPS) is 30.9. The molecule has 3 aliphatic heterocycles. The molecule has 2 aromatic rings. The second-order valence-corrected chi connectivity index (χ2v) is 8.42. The molecular weight excluding hydrogens is 424 g/mol. The Balaban J connectivity index is 1.29. The van der Waals surface area contributed by atoms with Crippen molar-refractivity contribution in [3.63, 3.8) is 0 Å². The first-order valence-electron chi connectivity index (χ1n) is 10.6. The van der Waals surface area contributed by atoms with E-state index in [0.717, 1.165) is 32.4 Å². The highest BCUT2D eigenvalue weighted by atomic mass is 32.1. The molecule has 0 aliphatic carbocycles. The van der Waals surface area contributed by atoms with Crippen LogP contribution in [0.1, 0.15) is 25.5 Å². The first kappa shape index (κ1) is 20.8. The fourth-order valence-corrected chi connectivity index (χ4v) is 4.48. The van der Waals surface area contributed by atoms with Crippen molar-refractivity contribution in [2.24, 2.45) is 0 Å². The molecule has 12 heteroatoms. The molecule has 0 aromatic carbocycles. The molecule has 2 aromatic heterocycles. The quantitative estimate of drug-likeness (QED) is 0.535. The maximum atomic E-state index is 10.6. The molecule has 5 heterocycles. The Bertz CT molecular complexity index is 932. The standard InChI is InChI=1S/C19H26N6O5S/c26-14-12(8-29-19(31)24-4-1-2-5-24)30-18(15(14)27)25-10-22-13-16(20-9-21-17(13)25)23-11-3-6-28-7-11/h9-12,14-15,18,26-27H,1-8H2,(H,20,21,23)/t11-,12?,14-,15-,18-/m1/s1. The summed E-state index contributed by atoms with van der Waals surface area (Å²) in [6, 6.07) is 0.166. The summed E-state index contributed by atoms with van der Waals surface area (Å²) in [6.45, 7) is 3.14. The van der Waals surface area contributed by atoms with Crippen LogP contribution in [-0.4, -0.2) is 97.1 Å². The highest BCUT2D eigenvalue weighted by Crippen LogP contribution is 2.32. The Labute approximate surface area is 184 Å². The van der Waals surface area contributed by atoms with Crippen molar-refractivity contribution in [2.45, 2.75) is 49.8 Å². The van der Waals surface area contributed by atoms with Crippen molar-refractivity contribution in [3.8, 4) is 0 Å². The number of anilines is 1. The van der Waals surface area contributed by atoms with Gasteiger partial charge in [-0.3, -0.25) is 4.57 Å². The molecule has 0 radical (unpaired) electrons. The number of fused-ring (bicyclic) bond motifs is 1. The third-order valence-corrected chi connectivity index (χ3v) is 6.35. The third kappa shape index (κ3) is 4.05. The highest BCUT2D eigenvalue weighted by Gasteiger charge is 2.45. The van der Waals surface area contributed by atoms with E-state index in [2.05, 4.69) is 20.3 Å². The lowest BCUT2D eigenvalue weighted by Gasteiger charge is -2.21. The zero-order valence-corrected chi connectivity index (χ0v) is 17.8. The van der Waals surface area contributed by atoms with E-state index in [1.54, 1.807) is 4.57 Å². The lowest BCUT2D eigenvalue weighted by Crippen LogP contribution is -2.36. The molecule has 3 saturated heterocycles. The molecule has 3 N–H and O–H groups in total. The topological polar surface area (TPSA) is 127 Å². The number of hydrogen-bond donors (Lipinski definition) is 3. The molecule has 0 bridgehead atoms. The monoisotopic (exact) mass is 450 g/mol. The van der Waals surface area contributed by atoms with Crippen molar-refractivity contribution >= 4 is 34.4 Å². The van der Waals surface area contributed by atoms with Crippen molar-refractivity contribution < 1.29 is 24.4 Å². The Morgan fingerprint density at radius 1 is 1.23 bits per heavy atom. The van der Waals surface area contributed by atoms with Gasteiger partial charge in [-0.15, -0.1) is 0 Å². The third-order valence-electron chi connectivity index (χ3n) is 5.98. The number of ether oxygens (including phenoxy) is 3. The Hall–Kier alpha value is -2.12. The molecule has 11 nitrogen and oxygen atoms in total. The van der Waals surface area contributed by atoms with E-state index in [0.29, 0.717) is 35.4 Å². The lowest BCUT2D eigenvalue weighted by molar-refractivity contribution is -0.0501. The number of nitrogens with zero attached hydrogens (tertiary/aromatic N) is 5. The van der Waals surface area contributed by atoms with Gasteiger partial charge in [0.15, 0.2) is 23.2 Å². The van der Waals surface area contributed by atoms with Crippen LogP contribution in [-0.2, 0) is 14.2 Å². The molecule has 31 heavy (non-hydrogen) atoms. The van der Waals surface area contributed by atoms with Gasteiger partial charge in [-0.1, -0.05) is 0 Å². The molecule has 3 aliphatic rings. The SMILES string of the molecule is O[C@@H]1[C@H](O)C(COC(=S)N2CCCC2)O[C@H]1n1cnc2c(N[C@@H]3CCOC3)ncnc21. The average Bonchev–Trinajstić information content (AvgIpc) is 3.56. The van der Waals surface area contributed by atoms with Crippen LogP contribution in [0.2, 0.25) is 0 Å². The molecule has 0 amide bonds.